The van der Waals surface area contributed by atoms with Gasteiger partial charge in [0.05, 0.1) is 38.1 Å². The van der Waals surface area contributed by atoms with Gasteiger partial charge in [0.2, 0.25) is 5.91 Å². The Balaban J connectivity index is 1.36. The number of amides is 2. The maximum atomic E-state index is 13.1. The Bertz CT molecular complexity index is 1780. The van der Waals surface area contributed by atoms with Crippen LogP contribution in [0.4, 0.5) is 24.8 Å². The number of anilines is 2. The number of halogens is 4. The van der Waals surface area contributed by atoms with Crippen LogP contribution >= 0.6 is 11.6 Å². The topological polar surface area (TPSA) is 137 Å². The number of ether oxygens (including phenoxy) is 2. The summed E-state index contributed by atoms with van der Waals surface area (Å²) in [7, 11) is 1.40. The van der Waals surface area contributed by atoms with Crippen molar-refractivity contribution in [2.24, 2.45) is 5.92 Å². The normalized spacial score (nSPS) is 18.8. The SMILES string of the molecule is COc1cc(C(=O)Nc2cc(C(F)(F)F)ccn2)ccc1-c1nc([C@H]2CN(C(=O)C3CC3)[C@@H](C)CO2)n2c(Cl)cnc(N)c12. The molecule has 3 N–H and O–H groups in total. The molecule has 4 aromatic rings. The van der Waals surface area contributed by atoms with Gasteiger partial charge in [0.25, 0.3) is 5.91 Å². The summed E-state index contributed by atoms with van der Waals surface area (Å²) >= 11 is 6.61. The van der Waals surface area contributed by atoms with E-state index in [2.05, 4.69) is 15.3 Å². The van der Waals surface area contributed by atoms with Crippen LogP contribution in [0.3, 0.4) is 0 Å². The van der Waals surface area contributed by atoms with Gasteiger partial charge < -0.3 is 25.4 Å². The Kier molecular flexibility index (Phi) is 7.58. The molecule has 4 heterocycles. The molecule has 2 amide bonds. The molecule has 1 aliphatic heterocycles. The van der Waals surface area contributed by atoms with E-state index >= 15 is 0 Å². The number of nitrogens with zero attached hydrogens (tertiary/aromatic N) is 5. The van der Waals surface area contributed by atoms with Crippen molar-refractivity contribution in [3.05, 3.63) is 64.8 Å². The largest absolute Gasteiger partial charge is 0.496 e. The quantitative estimate of drug-likeness (QED) is 0.304. The summed E-state index contributed by atoms with van der Waals surface area (Å²) in [4.78, 5) is 40.7. The van der Waals surface area contributed by atoms with Gasteiger partial charge in [0.15, 0.2) is 0 Å². The number of imidazole rings is 1. The summed E-state index contributed by atoms with van der Waals surface area (Å²) in [6, 6.07) is 5.92. The van der Waals surface area contributed by atoms with Crippen LogP contribution in [0.15, 0.2) is 42.7 Å². The molecule has 1 aliphatic carbocycles. The fourth-order valence-electron chi connectivity index (χ4n) is 5.21. The molecule has 6 rings (SSSR count). The molecule has 0 radical (unpaired) electrons. The maximum Gasteiger partial charge on any atom is 0.416 e. The summed E-state index contributed by atoms with van der Waals surface area (Å²) in [5.74, 6) is -0.0729. The van der Waals surface area contributed by atoms with E-state index in [1.54, 1.807) is 10.5 Å². The number of morpholine rings is 1. The molecule has 11 nitrogen and oxygen atoms in total. The lowest BCUT2D eigenvalue weighted by molar-refractivity contribution is -0.146. The number of nitrogens with two attached hydrogens (primary N) is 1. The highest BCUT2D eigenvalue weighted by Gasteiger charge is 2.40. The van der Waals surface area contributed by atoms with Crippen LogP contribution < -0.4 is 15.8 Å². The minimum atomic E-state index is -4.59. The van der Waals surface area contributed by atoms with E-state index in [1.165, 1.54) is 25.4 Å². The second-order valence-electron chi connectivity index (χ2n) is 10.7. The number of methoxy groups -OCH3 is 1. The molecule has 230 valence electrons. The van der Waals surface area contributed by atoms with Crippen LogP contribution in [0.25, 0.3) is 16.8 Å². The van der Waals surface area contributed by atoms with Crippen LogP contribution in [0.1, 0.15) is 47.6 Å². The number of aromatic nitrogens is 4. The Hall–Kier alpha value is -4.43. The molecule has 2 aliphatic rings. The van der Waals surface area contributed by atoms with Gasteiger partial charge in [-0.3, -0.25) is 14.0 Å². The molecule has 1 saturated carbocycles. The number of benzene rings is 1. The number of alkyl halides is 3. The third kappa shape index (κ3) is 5.50. The molecule has 2 atom stereocenters. The smallest absolute Gasteiger partial charge is 0.416 e. The molecule has 0 unspecified atom stereocenters. The second kappa shape index (κ2) is 11.2. The van der Waals surface area contributed by atoms with Crippen LogP contribution in [0, 0.1) is 5.92 Å². The third-order valence-electron chi connectivity index (χ3n) is 7.65. The maximum absolute atomic E-state index is 13.1. The molecule has 1 saturated heterocycles. The molecule has 0 spiro atoms. The van der Waals surface area contributed by atoms with Gasteiger partial charge in [-0.2, -0.15) is 13.2 Å². The zero-order valence-corrected chi connectivity index (χ0v) is 24.3. The van der Waals surface area contributed by atoms with E-state index in [0.29, 0.717) is 29.2 Å². The monoisotopic (exact) mass is 629 g/mol. The lowest BCUT2D eigenvalue weighted by Crippen LogP contribution is -2.49. The predicted molar refractivity (Wildman–Crippen MR) is 154 cm³/mol. The molecule has 0 bridgehead atoms. The average molecular weight is 630 g/mol. The van der Waals surface area contributed by atoms with Crippen molar-refractivity contribution in [2.75, 3.05) is 31.3 Å². The van der Waals surface area contributed by atoms with Crippen molar-refractivity contribution >= 4 is 40.6 Å². The van der Waals surface area contributed by atoms with Gasteiger partial charge in [0, 0.05) is 23.2 Å². The minimum absolute atomic E-state index is 0.0385. The van der Waals surface area contributed by atoms with Crippen molar-refractivity contribution in [1.29, 1.82) is 0 Å². The van der Waals surface area contributed by atoms with Gasteiger partial charge in [-0.25, -0.2) is 15.0 Å². The van der Waals surface area contributed by atoms with Gasteiger partial charge in [-0.15, -0.1) is 0 Å². The van der Waals surface area contributed by atoms with E-state index in [0.717, 1.165) is 31.2 Å². The van der Waals surface area contributed by atoms with Crippen LogP contribution in [-0.4, -0.2) is 62.4 Å². The second-order valence-corrected chi connectivity index (χ2v) is 11.1. The lowest BCUT2D eigenvalue weighted by Gasteiger charge is -2.37. The van der Waals surface area contributed by atoms with Crippen LogP contribution in [0.5, 0.6) is 5.75 Å². The summed E-state index contributed by atoms with van der Waals surface area (Å²) in [6.45, 7) is 2.51. The average Bonchev–Trinajstić information content (AvgIpc) is 3.78. The predicted octanol–water partition coefficient (Wildman–Crippen LogP) is 5.01. The highest BCUT2D eigenvalue weighted by molar-refractivity contribution is 6.30. The number of carbonyl (C=O) groups excluding carboxylic acids is 2. The lowest BCUT2D eigenvalue weighted by atomic mass is 10.1. The fourth-order valence-corrected chi connectivity index (χ4v) is 5.43. The molecule has 2 fully saturated rings. The first-order chi connectivity index (χ1) is 21.0. The Morgan fingerprint density at radius 3 is 2.66 bits per heavy atom. The fraction of sp³-hybridized carbons (Fsp3) is 0.345. The van der Waals surface area contributed by atoms with Crippen molar-refractivity contribution in [2.45, 2.75) is 38.1 Å². The third-order valence-corrected chi connectivity index (χ3v) is 7.91. The molecule has 3 aromatic heterocycles. The first-order valence-corrected chi connectivity index (χ1v) is 14.1. The summed E-state index contributed by atoms with van der Waals surface area (Å²) < 4.78 is 52.7. The summed E-state index contributed by atoms with van der Waals surface area (Å²) in [6.07, 6.45) is -1.10. The zero-order chi connectivity index (χ0) is 31.3. The van der Waals surface area contributed by atoms with Crippen molar-refractivity contribution < 1.29 is 32.2 Å². The standard InChI is InChI=1S/C29H27ClF3N7O4/c1-14-13-44-20(12-39(14)28(42)15-3-4-15)26-38-23(24-25(34)36-11-21(30)40(24)26)18-6-5-16(9-19(18)43-2)27(41)37-22-10-17(7-8-35-22)29(31,32)33/h5-11,14-15,20H,3-4,12-13H2,1-2H3,(H2,34,36)(H,35,37,41)/t14-,20+/m0/s1. The summed E-state index contributed by atoms with van der Waals surface area (Å²) in [5.41, 5.74) is 6.63. The first-order valence-electron chi connectivity index (χ1n) is 13.7. The van der Waals surface area contributed by atoms with Gasteiger partial charge in [-0.1, -0.05) is 11.6 Å². The van der Waals surface area contributed by atoms with Crippen LogP contribution in [-0.2, 0) is 15.7 Å². The highest BCUT2D eigenvalue weighted by Crippen LogP contribution is 2.40. The number of nitrogen functional groups attached to an aromatic ring is 1. The van der Waals surface area contributed by atoms with E-state index in [9.17, 15) is 22.8 Å². The first kappa shape index (κ1) is 29.6. The number of nitrogens with one attached hydrogen (secondary N) is 1. The molecular formula is C29H27ClF3N7O4. The number of fused-ring (bicyclic) bond motifs is 1. The number of carbonyl (C=O) groups is 2. The Morgan fingerprint density at radius 2 is 1.95 bits per heavy atom. The van der Waals surface area contributed by atoms with E-state index in [-0.39, 0.29) is 52.5 Å². The minimum Gasteiger partial charge on any atom is -0.496 e. The number of hydrogen-bond donors (Lipinski definition) is 2. The molecule has 44 heavy (non-hydrogen) atoms. The van der Waals surface area contributed by atoms with E-state index in [4.69, 9.17) is 31.8 Å². The van der Waals surface area contributed by atoms with Gasteiger partial charge >= 0.3 is 6.18 Å². The molecule has 1 aromatic carbocycles. The van der Waals surface area contributed by atoms with Crippen LogP contribution in [0.2, 0.25) is 5.15 Å². The van der Waals surface area contributed by atoms with Crippen molar-refractivity contribution in [1.82, 2.24) is 24.3 Å². The zero-order valence-electron chi connectivity index (χ0n) is 23.6. The van der Waals surface area contributed by atoms with E-state index < -0.39 is 23.8 Å². The van der Waals surface area contributed by atoms with E-state index in [1.807, 2.05) is 11.8 Å². The van der Waals surface area contributed by atoms with Gasteiger partial charge in [0.1, 0.15) is 45.7 Å². The number of rotatable bonds is 6. The van der Waals surface area contributed by atoms with Crippen molar-refractivity contribution in [3.8, 4) is 17.0 Å². The van der Waals surface area contributed by atoms with Gasteiger partial charge in [-0.05, 0) is 50.1 Å². The summed E-state index contributed by atoms with van der Waals surface area (Å²) in [5, 5.41) is 2.60. The number of hydrogen-bond acceptors (Lipinski definition) is 8. The van der Waals surface area contributed by atoms with Crippen molar-refractivity contribution in [3.63, 3.8) is 0 Å². The number of pyridine rings is 1. The molecular weight excluding hydrogens is 603 g/mol. The molecule has 15 heteroatoms. The highest BCUT2D eigenvalue weighted by atomic mass is 35.5. The Morgan fingerprint density at radius 1 is 1.18 bits per heavy atom. The Labute approximate surface area is 254 Å².